The molecule has 6 nitrogen and oxygen atoms in total. The zero-order valence-electron chi connectivity index (χ0n) is 14.4. The SMILES string of the molecule is Cc1ccc(NC(=O)[C@@H]2O[C@H]3CN(Cc4ccccc4)C(=O)[C@@H]2O3)cc1. The lowest BCUT2D eigenvalue weighted by Crippen LogP contribution is -2.50. The smallest absolute Gasteiger partial charge is 0.256 e. The quantitative estimate of drug-likeness (QED) is 0.915. The van der Waals surface area contributed by atoms with E-state index in [0.717, 1.165) is 11.1 Å². The second kappa shape index (κ2) is 6.90. The molecule has 1 N–H and O–H groups in total. The van der Waals surface area contributed by atoms with Crippen molar-refractivity contribution in [3.8, 4) is 0 Å². The molecule has 2 amide bonds. The fourth-order valence-electron chi connectivity index (χ4n) is 3.22. The first-order valence-electron chi connectivity index (χ1n) is 8.61. The molecule has 2 fully saturated rings. The number of rotatable bonds is 4. The maximum Gasteiger partial charge on any atom is 0.256 e. The summed E-state index contributed by atoms with van der Waals surface area (Å²) >= 11 is 0. The monoisotopic (exact) mass is 352 g/mol. The van der Waals surface area contributed by atoms with E-state index in [9.17, 15) is 9.59 Å². The molecule has 0 aromatic heterocycles. The lowest BCUT2D eigenvalue weighted by molar-refractivity contribution is -0.162. The number of carbonyl (C=O) groups is 2. The molecule has 2 aliphatic rings. The van der Waals surface area contributed by atoms with Gasteiger partial charge in [-0.1, -0.05) is 48.0 Å². The molecule has 2 saturated heterocycles. The molecule has 0 radical (unpaired) electrons. The van der Waals surface area contributed by atoms with Gasteiger partial charge in [0.05, 0.1) is 6.54 Å². The van der Waals surface area contributed by atoms with Gasteiger partial charge in [0.15, 0.2) is 18.5 Å². The molecule has 2 aromatic carbocycles. The number of aryl methyl sites for hydroxylation is 1. The van der Waals surface area contributed by atoms with Gasteiger partial charge in [-0.3, -0.25) is 9.59 Å². The van der Waals surface area contributed by atoms with Gasteiger partial charge in [0.1, 0.15) is 0 Å². The van der Waals surface area contributed by atoms with Crippen LogP contribution < -0.4 is 5.32 Å². The molecule has 6 heteroatoms. The van der Waals surface area contributed by atoms with E-state index < -0.39 is 18.5 Å². The Morgan fingerprint density at radius 2 is 1.85 bits per heavy atom. The first kappa shape index (κ1) is 16.8. The number of benzene rings is 2. The summed E-state index contributed by atoms with van der Waals surface area (Å²) in [5.74, 6) is -0.581. The molecular formula is C20H20N2O4. The van der Waals surface area contributed by atoms with Crippen molar-refractivity contribution in [2.75, 3.05) is 11.9 Å². The van der Waals surface area contributed by atoms with Gasteiger partial charge >= 0.3 is 0 Å². The number of ether oxygens (including phenoxy) is 2. The van der Waals surface area contributed by atoms with Crippen LogP contribution in [0.4, 0.5) is 5.69 Å². The van der Waals surface area contributed by atoms with E-state index in [1.807, 2.05) is 61.5 Å². The van der Waals surface area contributed by atoms with Crippen LogP contribution in [0, 0.1) is 6.92 Å². The van der Waals surface area contributed by atoms with Crippen molar-refractivity contribution < 1.29 is 19.1 Å². The Labute approximate surface area is 151 Å². The second-order valence-corrected chi connectivity index (χ2v) is 6.60. The molecule has 2 bridgehead atoms. The summed E-state index contributed by atoms with van der Waals surface area (Å²) in [5, 5.41) is 2.79. The second-order valence-electron chi connectivity index (χ2n) is 6.60. The molecule has 2 heterocycles. The van der Waals surface area contributed by atoms with Gasteiger partial charge in [-0.25, -0.2) is 0 Å². The van der Waals surface area contributed by atoms with E-state index in [4.69, 9.17) is 9.47 Å². The van der Waals surface area contributed by atoms with E-state index in [1.54, 1.807) is 4.90 Å². The summed E-state index contributed by atoms with van der Waals surface area (Å²) < 4.78 is 11.3. The van der Waals surface area contributed by atoms with Crippen molar-refractivity contribution >= 4 is 17.5 Å². The van der Waals surface area contributed by atoms with E-state index in [-0.39, 0.29) is 11.8 Å². The number of morpholine rings is 1. The third-order valence-electron chi connectivity index (χ3n) is 4.59. The number of nitrogens with one attached hydrogen (secondary N) is 1. The molecular weight excluding hydrogens is 332 g/mol. The van der Waals surface area contributed by atoms with Gasteiger partial charge in [0.2, 0.25) is 0 Å². The van der Waals surface area contributed by atoms with E-state index in [0.29, 0.717) is 18.8 Å². The molecule has 26 heavy (non-hydrogen) atoms. The average molecular weight is 352 g/mol. The number of hydrogen-bond acceptors (Lipinski definition) is 4. The van der Waals surface area contributed by atoms with Crippen molar-refractivity contribution in [1.29, 1.82) is 0 Å². The minimum Gasteiger partial charge on any atom is -0.334 e. The van der Waals surface area contributed by atoms with Crippen LogP contribution in [-0.4, -0.2) is 41.8 Å². The Bertz CT molecular complexity index is 806. The summed E-state index contributed by atoms with van der Waals surface area (Å²) in [5.41, 5.74) is 2.80. The first-order chi connectivity index (χ1) is 12.6. The van der Waals surface area contributed by atoms with Crippen LogP contribution in [0.2, 0.25) is 0 Å². The maximum absolute atomic E-state index is 12.7. The highest BCUT2D eigenvalue weighted by atomic mass is 16.7. The lowest BCUT2D eigenvalue weighted by Gasteiger charge is -2.30. The summed E-state index contributed by atoms with van der Waals surface area (Å²) in [4.78, 5) is 27.0. The van der Waals surface area contributed by atoms with Crippen molar-refractivity contribution in [2.24, 2.45) is 0 Å². The minimum absolute atomic E-state index is 0.216. The highest BCUT2D eigenvalue weighted by molar-refractivity contribution is 5.99. The Kier molecular flexibility index (Phi) is 4.44. The molecule has 4 rings (SSSR count). The number of amides is 2. The number of nitrogens with zero attached hydrogens (tertiary/aromatic N) is 1. The average Bonchev–Trinajstić information content (AvgIpc) is 3.02. The number of hydrogen-bond donors (Lipinski definition) is 1. The molecule has 0 aliphatic carbocycles. The van der Waals surface area contributed by atoms with Gasteiger partial charge in [-0.2, -0.15) is 0 Å². The molecule has 3 atom stereocenters. The van der Waals surface area contributed by atoms with Gasteiger partial charge in [0.25, 0.3) is 11.8 Å². The maximum atomic E-state index is 12.7. The van der Waals surface area contributed by atoms with Gasteiger partial charge < -0.3 is 19.7 Å². The van der Waals surface area contributed by atoms with Crippen LogP contribution >= 0.6 is 0 Å². The van der Waals surface area contributed by atoms with Crippen molar-refractivity contribution in [2.45, 2.75) is 32.0 Å². The van der Waals surface area contributed by atoms with E-state index in [1.165, 1.54) is 0 Å². The van der Waals surface area contributed by atoms with Gasteiger partial charge in [-0.05, 0) is 24.6 Å². The van der Waals surface area contributed by atoms with Gasteiger partial charge in [-0.15, -0.1) is 0 Å². The fraction of sp³-hybridized carbons (Fsp3) is 0.300. The van der Waals surface area contributed by atoms with Crippen molar-refractivity contribution in [1.82, 2.24) is 4.90 Å². The lowest BCUT2D eigenvalue weighted by atomic mass is 10.1. The zero-order chi connectivity index (χ0) is 18.1. The third-order valence-corrected chi connectivity index (χ3v) is 4.59. The summed E-state index contributed by atoms with van der Waals surface area (Å²) in [6, 6.07) is 17.2. The summed E-state index contributed by atoms with van der Waals surface area (Å²) in [6.07, 6.45) is -2.41. The predicted molar refractivity (Wildman–Crippen MR) is 95.2 cm³/mol. The van der Waals surface area contributed by atoms with Crippen LogP contribution in [0.3, 0.4) is 0 Å². The van der Waals surface area contributed by atoms with E-state index in [2.05, 4.69) is 5.32 Å². The highest BCUT2D eigenvalue weighted by Crippen LogP contribution is 2.28. The standard InChI is InChI=1S/C20H20N2O4/c1-13-7-9-15(10-8-13)21-19(23)17-18-20(24)22(12-16(25-17)26-18)11-14-5-3-2-4-6-14/h2-10,16-18H,11-12H2,1H3,(H,21,23)/t16-,17-,18-/m1/s1. The van der Waals surface area contributed by atoms with Crippen molar-refractivity contribution in [3.63, 3.8) is 0 Å². The molecule has 2 aromatic rings. The minimum atomic E-state index is -0.936. The Balaban J connectivity index is 1.44. The summed E-state index contributed by atoms with van der Waals surface area (Å²) in [7, 11) is 0. The van der Waals surface area contributed by atoms with Crippen LogP contribution in [0.15, 0.2) is 54.6 Å². The largest absolute Gasteiger partial charge is 0.334 e. The molecule has 134 valence electrons. The Morgan fingerprint density at radius 3 is 2.58 bits per heavy atom. The summed E-state index contributed by atoms with van der Waals surface area (Å²) in [6.45, 7) is 2.77. The third kappa shape index (κ3) is 3.34. The van der Waals surface area contributed by atoms with Crippen molar-refractivity contribution in [3.05, 3.63) is 65.7 Å². The molecule has 0 unspecified atom stereocenters. The van der Waals surface area contributed by atoms with Crippen LogP contribution in [0.5, 0.6) is 0 Å². The number of fused-ring (bicyclic) bond motifs is 2. The van der Waals surface area contributed by atoms with Crippen LogP contribution in [-0.2, 0) is 25.6 Å². The predicted octanol–water partition coefficient (Wildman–Crippen LogP) is 2.09. The molecule has 2 aliphatic heterocycles. The van der Waals surface area contributed by atoms with Crippen LogP contribution in [0.25, 0.3) is 0 Å². The number of anilines is 1. The number of carbonyl (C=O) groups excluding carboxylic acids is 2. The highest BCUT2D eigenvalue weighted by Gasteiger charge is 2.51. The van der Waals surface area contributed by atoms with Crippen LogP contribution in [0.1, 0.15) is 11.1 Å². The molecule has 0 saturated carbocycles. The Morgan fingerprint density at radius 1 is 1.12 bits per heavy atom. The first-order valence-corrected chi connectivity index (χ1v) is 8.61. The van der Waals surface area contributed by atoms with Gasteiger partial charge in [0, 0.05) is 12.2 Å². The Hall–Kier alpha value is -2.70. The zero-order valence-corrected chi connectivity index (χ0v) is 14.4. The normalized spacial score (nSPS) is 24.6. The fourth-order valence-corrected chi connectivity index (χ4v) is 3.22. The topological polar surface area (TPSA) is 67.9 Å². The molecule has 0 spiro atoms. The van der Waals surface area contributed by atoms with E-state index >= 15 is 0 Å².